The highest BCUT2D eigenvalue weighted by Crippen LogP contribution is 2.09. The van der Waals surface area contributed by atoms with Gasteiger partial charge in [-0.05, 0) is 12.1 Å². The Morgan fingerprint density at radius 1 is 1.73 bits per heavy atom. The van der Waals surface area contributed by atoms with Gasteiger partial charge in [-0.15, -0.1) is 12.6 Å². The molecule has 1 rings (SSSR count). The lowest BCUT2D eigenvalue weighted by Gasteiger charge is -1.88. The Labute approximate surface area is 68.7 Å². The van der Waals surface area contributed by atoms with Gasteiger partial charge >= 0.3 is 5.97 Å². The molecule has 1 aromatic heterocycles. The summed E-state index contributed by atoms with van der Waals surface area (Å²) in [6, 6.07) is 3.33. The highest BCUT2D eigenvalue weighted by Gasteiger charge is 2.01. The van der Waals surface area contributed by atoms with Crippen molar-refractivity contribution in [1.82, 2.24) is 0 Å². The number of carboxylic acid groups (broad SMARTS) is 1. The van der Waals surface area contributed by atoms with Gasteiger partial charge in [0.15, 0.2) is 0 Å². The Kier molecular flexibility index (Phi) is 2.38. The minimum atomic E-state index is -1.07. The van der Waals surface area contributed by atoms with Crippen molar-refractivity contribution in [2.24, 2.45) is 0 Å². The maximum absolute atomic E-state index is 10.2. The van der Waals surface area contributed by atoms with E-state index in [9.17, 15) is 4.79 Å². The lowest BCUT2D eigenvalue weighted by molar-refractivity contribution is -0.131. The molecule has 58 valence electrons. The third-order valence-electron chi connectivity index (χ3n) is 1.04. The van der Waals surface area contributed by atoms with Crippen LogP contribution in [0.2, 0.25) is 0 Å². The standard InChI is InChI=1S/C7H6O3S/c8-7(9)6(11)4-5-2-1-3-10-5/h1-4,11H,(H,8,9)/b6-4-. The summed E-state index contributed by atoms with van der Waals surface area (Å²) < 4.78 is 4.87. The van der Waals surface area contributed by atoms with Crippen LogP contribution in [0.3, 0.4) is 0 Å². The first-order valence-corrected chi connectivity index (χ1v) is 3.32. The number of thiol groups is 1. The maximum Gasteiger partial charge on any atom is 0.342 e. The van der Waals surface area contributed by atoms with Gasteiger partial charge in [0.25, 0.3) is 0 Å². The number of hydrogen-bond donors (Lipinski definition) is 2. The second-order valence-electron chi connectivity index (χ2n) is 1.85. The number of rotatable bonds is 2. The molecular formula is C7H6O3S. The van der Waals surface area contributed by atoms with Crippen LogP contribution in [0.4, 0.5) is 0 Å². The van der Waals surface area contributed by atoms with Crippen LogP contribution in [-0.2, 0) is 4.79 Å². The predicted molar refractivity (Wildman–Crippen MR) is 43.3 cm³/mol. The summed E-state index contributed by atoms with van der Waals surface area (Å²) in [6.45, 7) is 0. The topological polar surface area (TPSA) is 50.4 Å². The molecule has 1 heterocycles. The molecule has 0 aliphatic heterocycles. The highest BCUT2D eigenvalue weighted by molar-refractivity contribution is 7.85. The third kappa shape index (κ3) is 2.16. The molecular weight excluding hydrogens is 164 g/mol. The molecule has 11 heavy (non-hydrogen) atoms. The summed E-state index contributed by atoms with van der Waals surface area (Å²) in [4.78, 5) is 10.2. The summed E-state index contributed by atoms with van der Waals surface area (Å²) in [7, 11) is 0. The molecule has 0 bridgehead atoms. The first kappa shape index (κ1) is 7.94. The van der Waals surface area contributed by atoms with E-state index in [1.807, 2.05) is 0 Å². The summed E-state index contributed by atoms with van der Waals surface area (Å²) in [5, 5.41) is 8.39. The van der Waals surface area contributed by atoms with Gasteiger partial charge in [-0.2, -0.15) is 0 Å². The van der Waals surface area contributed by atoms with Crippen LogP contribution >= 0.6 is 12.6 Å². The van der Waals surface area contributed by atoms with Gasteiger partial charge in [0, 0.05) is 6.08 Å². The van der Waals surface area contributed by atoms with Crippen LogP contribution in [0.1, 0.15) is 5.76 Å². The smallest absolute Gasteiger partial charge is 0.342 e. The normalized spacial score (nSPS) is 11.5. The molecule has 0 radical (unpaired) electrons. The van der Waals surface area contributed by atoms with Gasteiger partial charge in [0.05, 0.1) is 11.2 Å². The van der Waals surface area contributed by atoms with E-state index in [0.29, 0.717) is 5.76 Å². The van der Waals surface area contributed by atoms with Gasteiger partial charge in [-0.3, -0.25) is 0 Å². The van der Waals surface area contributed by atoms with Crippen LogP contribution < -0.4 is 0 Å². The zero-order chi connectivity index (χ0) is 8.27. The molecule has 0 fully saturated rings. The van der Waals surface area contributed by atoms with Gasteiger partial charge in [-0.25, -0.2) is 4.79 Å². The molecule has 4 heteroatoms. The van der Waals surface area contributed by atoms with Gasteiger partial charge < -0.3 is 9.52 Å². The zero-order valence-corrected chi connectivity index (χ0v) is 6.41. The first-order valence-electron chi connectivity index (χ1n) is 2.87. The quantitative estimate of drug-likeness (QED) is 0.524. The van der Waals surface area contributed by atoms with Crippen LogP contribution in [-0.4, -0.2) is 11.1 Å². The Hall–Kier alpha value is -1.16. The van der Waals surface area contributed by atoms with Crippen molar-refractivity contribution < 1.29 is 14.3 Å². The second-order valence-corrected chi connectivity index (χ2v) is 2.33. The molecule has 0 amide bonds. The van der Waals surface area contributed by atoms with Gasteiger partial charge in [0.1, 0.15) is 5.76 Å². The van der Waals surface area contributed by atoms with Crippen molar-refractivity contribution in [3.05, 3.63) is 29.1 Å². The monoisotopic (exact) mass is 170 g/mol. The zero-order valence-electron chi connectivity index (χ0n) is 5.52. The van der Waals surface area contributed by atoms with E-state index in [-0.39, 0.29) is 4.91 Å². The number of furan rings is 1. The Balaban J connectivity index is 2.82. The maximum atomic E-state index is 10.2. The number of hydrogen-bond acceptors (Lipinski definition) is 3. The molecule has 1 N–H and O–H groups in total. The van der Waals surface area contributed by atoms with Crippen molar-refractivity contribution in [3.63, 3.8) is 0 Å². The summed E-state index contributed by atoms with van der Waals surface area (Å²) >= 11 is 3.71. The molecule has 0 atom stereocenters. The van der Waals surface area contributed by atoms with E-state index in [2.05, 4.69) is 12.6 Å². The average Bonchev–Trinajstić information content (AvgIpc) is 2.39. The SMILES string of the molecule is O=C(O)/C(S)=C/c1ccco1. The van der Waals surface area contributed by atoms with E-state index in [1.54, 1.807) is 12.1 Å². The lowest BCUT2D eigenvalue weighted by Crippen LogP contribution is -1.92. The van der Waals surface area contributed by atoms with Crippen molar-refractivity contribution in [1.29, 1.82) is 0 Å². The number of carboxylic acids is 1. The largest absolute Gasteiger partial charge is 0.477 e. The molecule has 1 aromatic rings. The number of carbonyl (C=O) groups is 1. The van der Waals surface area contributed by atoms with Gasteiger partial charge in [0.2, 0.25) is 0 Å². The number of aliphatic carboxylic acids is 1. The molecule has 0 aliphatic carbocycles. The molecule has 0 aliphatic rings. The Bertz CT molecular complexity index is 274. The fourth-order valence-corrected chi connectivity index (χ4v) is 0.697. The van der Waals surface area contributed by atoms with E-state index >= 15 is 0 Å². The lowest BCUT2D eigenvalue weighted by atomic mass is 10.4. The summed E-state index contributed by atoms with van der Waals surface area (Å²) in [5.41, 5.74) is 0. The van der Waals surface area contributed by atoms with E-state index in [1.165, 1.54) is 12.3 Å². The molecule has 0 unspecified atom stereocenters. The summed E-state index contributed by atoms with van der Waals surface area (Å²) in [5.74, 6) is -0.581. The first-order chi connectivity index (χ1) is 5.20. The second kappa shape index (κ2) is 3.30. The van der Waals surface area contributed by atoms with E-state index in [4.69, 9.17) is 9.52 Å². The minimum Gasteiger partial charge on any atom is -0.477 e. The van der Waals surface area contributed by atoms with E-state index in [0.717, 1.165) is 0 Å². The van der Waals surface area contributed by atoms with Crippen LogP contribution in [0.25, 0.3) is 6.08 Å². The average molecular weight is 170 g/mol. The van der Waals surface area contributed by atoms with Crippen LogP contribution in [0.15, 0.2) is 27.7 Å². The van der Waals surface area contributed by atoms with Crippen LogP contribution in [0, 0.1) is 0 Å². The Morgan fingerprint density at radius 2 is 2.45 bits per heavy atom. The Morgan fingerprint density at radius 3 is 2.91 bits per heavy atom. The van der Waals surface area contributed by atoms with Crippen LogP contribution in [0.5, 0.6) is 0 Å². The molecule has 3 nitrogen and oxygen atoms in total. The molecule has 0 saturated heterocycles. The molecule has 0 aromatic carbocycles. The van der Waals surface area contributed by atoms with Gasteiger partial charge in [-0.1, -0.05) is 0 Å². The highest BCUT2D eigenvalue weighted by atomic mass is 32.1. The fourth-order valence-electron chi connectivity index (χ4n) is 0.570. The van der Waals surface area contributed by atoms with Crippen molar-refractivity contribution in [3.8, 4) is 0 Å². The van der Waals surface area contributed by atoms with Crippen molar-refractivity contribution >= 4 is 24.7 Å². The van der Waals surface area contributed by atoms with Crippen molar-refractivity contribution in [2.75, 3.05) is 0 Å². The minimum absolute atomic E-state index is 0.0417. The molecule has 0 spiro atoms. The fraction of sp³-hybridized carbons (Fsp3) is 0. The van der Waals surface area contributed by atoms with Crippen molar-refractivity contribution in [2.45, 2.75) is 0 Å². The molecule has 0 saturated carbocycles. The third-order valence-corrected chi connectivity index (χ3v) is 1.36. The predicted octanol–water partition coefficient (Wildman–Crippen LogP) is 1.63. The summed E-state index contributed by atoms with van der Waals surface area (Å²) in [6.07, 6.45) is 2.81. The van der Waals surface area contributed by atoms with E-state index < -0.39 is 5.97 Å².